The van der Waals surface area contributed by atoms with Gasteiger partial charge >= 0.3 is 0 Å². The molecular weight excluding hydrogens is 206 g/mol. The number of rotatable bonds is 3. The number of benzene rings is 1. The first kappa shape index (κ1) is 10.6. The first-order valence-electron chi connectivity index (χ1n) is 5.24. The Morgan fingerprint density at radius 3 is 2.80 bits per heavy atom. The summed E-state index contributed by atoms with van der Waals surface area (Å²) in [7, 11) is 0. The highest BCUT2D eigenvalue weighted by Gasteiger charge is 2.32. The van der Waals surface area contributed by atoms with Crippen LogP contribution in [0.4, 0.5) is 0 Å². The summed E-state index contributed by atoms with van der Waals surface area (Å²) in [5, 5.41) is 2.94. The van der Waals surface area contributed by atoms with Gasteiger partial charge in [0.2, 0.25) is 0 Å². The van der Waals surface area contributed by atoms with Gasteiger partial charge in [0.05, 0.1) is 5.56 Å². The van der Waals surface area contributed by atoms with E-state index in [9.17, 15) is 4.79 Å². The molecule has 0 aromatic heterocycles. The molecular formula is C12H15NOS. The van der Waals surface area contributed by atoms with E-state index < -0.39 is 0 Å². The Morgan fingerprint density at radius 2 is 2.20 bits per heavy atom. The summed E-state index contributed by atoms with van der Waals surface area (Å²) in [5.41, 5.74) is 0.661. The number of hydrogen-bond acceptors (Lipinski definition) is 2. The summed E-state index contributed by atoms with van der Waals surface area (Å²) in [6, 6.07) is 7.36. The highest BCUT2D eigenvalue weighted by Crippen LogP contribution is 2.36. The van der Waals surface area contributed by atoms with E-state index in [1.807, 2.05) is 18.2 Å². The predicted octanol–water partition coefficient (Wildman–Crippen LogP) is 2.36. The molecule has 1 saturated carbocycles. The first-order valence-corrected chi connectivity index (χ1v) is 5.69. The van der Waals surface area contributed by atoms with Crippen molar-refractivity contribution in [1.29, 1.82) is 0 Å². The van der Waals surface area contributed by atoms with Crippen molar-refractivity contribution >= 4 is 18.5 Å². The summed E-state index contributed by atoms with van der Waals surface area (Å²) < 4.78 is 0. The molecule has 1 aliphatic carbocycles. The van der Waals surface area contributed by atoms with Crippen molar-refractivity contribution in [3.05, 3.63) is 29.8 Å². The van der Waals surface area contributed by atoms with Crippen molar-refractivity contribution in [3.63, 3.8) is 0 Å². The van der Waals surface area contributed by atoms with Crippen molar-refractivity contribution in [2.75, 3.05) is 6.54 Å². The zero-order chi connectivity index (χ0) is 10.8. The standard InChI is InChI=1S/C12H15NOS/c1-8-6-9(8)7-13-12(14)10-4-2-3-5-11(10)15/h2-5,8-9,15H,6-7H2,1H3,(H,13,14). The van der Waals surface area contributed by atoms with Gasteiger partial charge in [-0.05, 0) is 30.4 Å². The quantitative estimate of drug-likeness (QED) is 0.754. The fourth-order valence-corrected chi connectivity index (χ4v) is 1.93. The fourth-order valence-electron chi connectivity index (χ4n) is 1.67. The Morgan fingerprint density at radius 1 is 1.53 bits per heavy atom. The monoisotopic (exact) mass is 221 g/mol. The Balaban J connectivity index is 1.93. The van der Waals surface area contributed by atoms with E-state index in [1.54, 1.807) is 6.07 Å². The summed E-state index contributed by atoms with van der Waals surface area (Å²) in [6.07, 6.45) is 1.24. The predicted molar refractivity (Wildman–Crippen MR) is 63.3 cm³/mol. The molecule has 3 heteroatoms. The van der Waals surface area contributed by atoms with E-state index in [1.165, 1.54) is 6.42 Å². The number of carbonyl (C=O) groups excluding carboxylic acids is 1. The SMILES string of the molecule is CC1CC1CNC(=O)c1ccccc1S. The lowest BCUT2D eigenvalue weighted by Crippen LogP contribution is -2.26. The van der Waals surface area contributed by atoms with Crippen LogP contribution in [0.1, 0.15) is 23.7 Å². The summed E-state index contributed by atoms with van der Waals surface area (Å²) in [6.45, 7) is 3.01. The summed E-state index contributed by atoms with van der Waals surface area (Å²) >= 11 is 4.25. The minimum atomic E-state index is -0.0142. The number of carbonyl (C=O) groups is 1. The molecule has 0 spiro atoms. The first-order chi connectivity index (χ1) is 7.18. The second-order valence-electron chi connectivity index (χ2n) is 4.20. The average Bonchev–Trinajstić information content (AvgIpc) is 2.92. The molecule has 1 aromatic rings. The van der Waals surface area contributed by atoms with Crippen LogP contribution in [0.15, 0.2) is 29.2 Å². The molecule has 0 bridgehead atoms. The van der Waals surface area contributed by atoms with Crippen molar-refractivity contribution in [2.45, 2.75) is 18.2 Å². The molecule has 2 nitrogen and oxygen atoms in total. The summed E-state index contributed by atoms with van der Waals surface area (Å²) in [4.78, 5) is 12.5. The van der Waals surface area contributed by atoms with Gasteiger partial charge in [-0.25, -0.2) is 0 Å². The van der Waals surface area contributed by atoms with Gasteiger partial charge in [-0.1, -0.05) is 19.1 Å². The molecule has 2 unspecified atom stereocenters. The minimum absolute atomic E-state index is 0.0142. The summed E-state index contributed by atoms with van der Waals surface area (Å²) in [5.74, 6) is 1.44. The van der Waals surface area contributed by atoms with Gasteiger partial charge in [0, 0.05) is 11.4 Å². The lowest BCUT2D eigenvalue weighted by Gasteiger charge is -2.06. The third kappa shape index (κ3) is 2.53. The molecule has 0 aliphatic heterocycles. The van der Waals surface area contributed by atoms with Crippen LogP contribution in [0.2, 0.25) is 0 Å². The average molecular weight is 221 g/mol. The lowest BCUT2D eigenvalue weighted by molar-refractivity contribution is 0.0948. The normalized spacial score (nSPS) is 23.6. The molecule has 1 N–H and O–H groups in total. The second kappa shape index (κ2) is 4.27. The highest BCUT2D eigenvalue weighted by molar-refractivity contribution is 7.80. The van der Waals surface area contributed by atoms with Crippen molar-refractivity contribution < 1.29 is 4.79 Å². The van der Waals surface area contributed by atoms with E-state index >= 15 is 0 Å². The topological polar surface area (TPSA) is 29.1 Å². The number of amides is 1. The van der Waals surface area contributed by atoms with E-state index in [2.05, 4.69) is 24.9 Å². The zero-order valence-electron chi connectivity index (χ0n) is 8.73. The maximum atomic E-state index is 11.7. The van der Waals surface area contributed by atoms with Crippen LogP contribution in [0.5, 0.6) is 0 Å². The molecule has 15 heavy (non-hydrogen) atoms. The maximum absolute atomic E-state index is 11.7. The van der Waals surface area contributed by atoms with Crippen LogP contribution in [0, 0.1) is 11.8 Å². The fraction of sp³-hybridized carbons (Fsp3) is 0.417. The van der Waals surface area contributed by atoms with Crippen molar-refractivity contribution in [3.8, 4) is 0 Å². The third-order valence-corrected chi connectivity index (χ3v) is 3.34. The Hall–Kier alpha value is -0.960. The van der Waals surface area contributed by atoms with Gasteiger partial charge in [-0.3, -0.25) is 4.79 Å². The lowest BCUT2D eigenvalue weighted by atomic mass is 10.2. The molecule has 1 amide bonds. The van der Waals surface area contributed by atoms with Gasteiger partial charge < -0.3 is 5.32 Å². The van der Waals surface area contributed by atoms with E-state index in [0.717, 1.165) is 17.4 Å². The number of hydrogen-bond donors (Lipinski definition) is 2. The Labute approximate surface area is 95.5 Å². The van der Waals surface area contributed by atoms with Gasteiger partial charge in [0.25, 0.3) is 5.91 Å². The zero-order valence-corrected chi connectivity index (χ0v) is 9.63. The van der Waals surface area contributed by atoms with Crippen LogP contribution in [-0.2, 0) is 0 Å². The molecule has 80 valence electrons. The third-order valence-electron chi connectivity index (χ3n) is 2.95. The van der Waals surface area contributed by atoms with Gasteiger partial charge in [0.15, 0.2) is 0 Å². The number of nitrogens with one attached hydrogen (secondary N) is 1. The van der Waals surface area contributed by atoms with Crippen LogP contribution in [0.25, 0.3) is 0 Å². The van der Waals surface area contributed by atoms with Crippen LogP contribution < -0.4 is 5.32 Å². The highest BCUT2D eigenvalue weighted by atomic mass is 32.1. The molecule has 0 saturated heterocycles. The van der Waals surface area contributed by atoms with Gasteiger partial charge in [0.1, 0.15) is 0 Å². The van der Waals surface area contributed by atoms with Gasteiger partial charge in [-0.15, -0.1) is 12.6 Å². The maximum Gasteiger partial charge on any atom is 0.252 e. The van der Waals surface area contributed by atoms with Crippen LogP contribution in [-0.4, -0.2) is 12.5 Å². The van der Waals surface area contributed by atoms with E-state index in [4.69, 9.17) is 0 Å². The smallest absolute Gasteiger partial charge is 0.252 e. The second-order valence-corrected chi connectivity index (χ2v) is 4.68. The Bertz CT molecular complexity index is 378. The van der Waals surface area contributed by atoms with Crippen molar-refractivity contribution in [1.82, 2.24) is 5.32 Å². The number of thiol groups is 1. The largest absolute Gasteiger partial charge is 0.352 e. The molecule has 2 atom stereocenters. The minimum Gasteiger partial charge on any atom is -0.352 e. The molecule has 1 aliphatic rings. The molecule has 1 aromatic carbocycles. The van der Waals surface area contributed by atoms with Crippen LogP contribution in [0.3, 0.4) is 0 Å². The molecule has 2 rings (SSSR count). The van der Waals surface area contributed by atoms with E-state index in [0.29, 0.717) is 11.5 Å². The molecule has 1 fully saturated rings. The van der Waals surface area contributed by atoms with Crippen molar-refractivity contribution in [2.24, 2.45) is 11.8 Å². The van der Waals surface area contributed by atoms with E-state index in [-0.39, 0.29) is 5.91 Å². The molecule has 0 radical (unpaired) electrons. The Kier molecular flexibility index (Phi) is 3.00. The van der Waals surface area contributed by atoms with Crippen LogP contribution >= 0.6 is 12.6 Å². The molecule has 0 heterocycles. The van der Waals surface area contributed by atoms with Gasteiger partial charge in [-0.2, -0.15) is 0 Å².